The van der Waals surface area contributed by atoms with Crippen molar-refractivity contribution in [2.75, 3.05) is 6.67 Å². The van der Waals surface area contributed by atoms with Gasteiger partial charge in [-0.05, 0) is 36.6 Å². The first-order valence-electron chi connectivity index (χ1n) is 3.74. The molecule has 0 aliphatic rings. The Kier molecular flexibility index (Phi) is 3.83. The molecule has 12 heavy (non-hydrogen) atoms. The maximum atomic E-state index is 11.8. The van der Waals surface area contributed by atoms with Gasteiger partial charge in [0, 0.05) is 10.0 Å². The van der Waals surface area contributed by atoms with Crippen molar-refractivity contribution in [2.45, 2.75) is 12.8 Å². The summed E-state index contributed by atoms with van der Waals surface area (Å²) in [7, 11) is 0. The highest BCUT2D eigenvalue weighted by atomic mass is 35.5. The Morgan fingerprint density at radius 1 is 1.25 bits per heavy atom. The average molecular weight is 207 g/mol. The van der Waals surface area contributed by atoms with E-state index in [0.29, 0.717) is 22.9 Å². The van der Waals surface area contributed by atoms with Crippen molar-refractivity contribution in [2.24, 2.45) is 0 Å². The third kappa shape index (κ3) is 2.65. The Bertz CT molecular complexity index is 261. The molecule has 0 heterocycles. The fraction of sp³-hybridized carbons (Fsp3) is 0.333. The van der Waals surface area contributed by atoms with Gasteiger partial charge in [-0.2, -0.15) is 0 Å². The van der Waals surface area contributed by atoms with Gasteiger partial charge in [0.1, 0.15) is 0 Å². The van der Waals surface area contributed by atoms with Gasteiger partial charge in [0.2, 0.25) is 0 Å². The monoisotopic (exact) mass is 206 g/mol. The molecule has 0 N–H and O–H groups in total. The van der Waals surface area contributed by atoms with Crippen LogP contribution in [0, 0.1) is 0 Å². The van der Waals surface area contributed by atoms with E-state index in [4.69, 9.17) is 23.2 Å². The Balaban J connectivity index is 2.75. The van der Waals surface area contributed by atoms with E-state index < -0.39 is 0 Å². The van der Waals surface area contributed by atoms with Crippen LogP contribution in [-0.4, -0.2) is 6.67 Å². The molecule has 0 unspecified atom stereocenters. The van der Waals surface area contributed by atoms with Gasteiger partial charge in [-0.15, -0.1) is 0 Å². The Morgan fingerprint density at radius 2 is 2.00 bits per heavy atom. The van der Waals surface area contributed by atoms with Crippen LogP contribution in [0.25, 0.3) is 0 Å². The summed E-state index contributed by atoms with van der Waals surface area (Å²) < 4.78 is 11.8. The summed E-state index contributed by atoms with van der Waals surface area (Å²) in [5.41, 5.74) is 0.918. The highest BCUT2D eigenvalue weighted by molar-refractivity contribution is 6.33. The van der Waals surface area contributed by atoms with E-state index in [0.717, 1.165) is 5.56 Å². The second-order valence-corrected chi connectivity index (χ2v) is 3.37. The third-order valence-corrected chi connectivity index (χ3v) is 2.19. The van der Waals surface area contributed by atoms with E-state index in [1.54, 1.807) is 18.2 Å². The standard InChI is InChI=1S/C9H9Cl2F/c10-8-3-4-9(11)7(6-8)2-1-5-12/h3-4,6H,1-2,5H2. The highest BCUT2D eigenvalue weighted by Gasteiger charge is 2.00. The normalized spacial score (nSPS) is 10.2. The summed E-state index contributed by atoms with van der Waals surface area (Å²) in [6.45, 7) is -0.317. The molecule has 0 aromatic heterocycles. The highest BCUT2D eigenvalue weighted by Crippen LogP contribution is 2.21. The first-order chi connectivity index (χ1) is 5.74. The summed E-state index contributed by atoms with van der Waals surface area (Å²) in [6, 6.07) is 5.24. The van der Waals surface area contributed by atoms with Crippen molar-refractivity contribution in [3.05, 3.63) is 33.8 Å². The largest absolute Gasteiger partial charge is 0.251 e. The van der Waals surface area contributed by atoms with Crippen molar-refractivity contribution in [3.63, 3.8) is 0 Å². The molecule has 3 heteroatoms. The molecule has 0 bridgehead atoms. The molecule has 1 aromatic carbocycles. The zero-order valence-corrected chi connectivity index (χ0v) is 8.00. The smallest absolute Gasteiger partial charge is 0.0897 e. The third-order valence-electron chi connectivity index (χ3n) is 1.59. The molecule has 0 atom stereocenters. The summed E-state index contributed by atoms with van der Waals surface area (Å²) in [4.78, 5) is 0. The molecule has 0 aliphatic heterocycles. The number of benzene rings is 1. The van der Waals surface area contributed by atoms with E-state index in [-0.39, 0.29) is 6.67 Å². The van der Waals surface area contributed by atoms with Gasteiger partial charge >= 0.3 is 0 Å². The van der Waals surface area contributed by atoms with Crippen molar-refractivity contribution >= 4 is 23.2 Å². The number of hydrogen-bond donors (Lipinski definition) is 0. The summed E-state index contributed by atoms with van der Waals surface area (Å²) in [6.07, 6.45) is 1.15. The maximum Gasteiger partial charge on any atom is 0.0897 e. The molecule has 66 valence electrons. The Labute approximate surface area is 81.3 Å². The van der Waals surface area contributed by atoms with Crippen molar-refractivity contribution in [1.29, 1.82) is 0 Å². The molecule has 0 radical (unpaired) electrons. The summed E-state index contributed by atoms with van der Waals surface area (Å²) in [5, 5.41) is 1.31. The minimum atomic E-state index is -0.317. The van der Waals surface area contributed by atoms with E-state index in [9.17, 15) is 4.39 Å². The molecular weight excluding hydrogens is 198 g/mol. The topological polar surface area (TPSA) is 0 Å². The zero-order valence-electron chi connectivity index (χ0n) is 6.49. The lowest BCUT2D eigenvalue weighted by atomic mass is 10.1. The first kappa shape index (κ1) is 9.82. The first-order valence-corrected chi connectivity index (χ1v) is 4.49. The van der Waals surface area contributed by atoms with Gasteiger partial charge in [0.05, 0.1) is 6.67 Å². The number of rotatable bonds is 3. The second kappa shape index (κ2) is 4.68. The summed E-state index contributed by atoms with van der Waals surface area (Å²) in [5.74, 6) is 0. The summed E-state index contributed by atoms with van der Waals surface area (Å²) >= 11 is 11.6. The average Bonchev–Trinajstić information content (AvgIpc) is 2.07. The Hall–Kier alpha value is -0.270. The SMILES string of the molecule is FCCCc1cc(Cl)ccc1Cl. The van der Waals surface area contributed by atoms with Crippen LogP contribution in [0.15, 0.2) is 18.2 Å². The quantitative estimate of drug-likeness (QED) is 0.705. The minimum Gasteiger partial charge on any atom is -0.251 e. The number of aryl methyl sites for hydroxylation is 1. The van der Waals surface area contributed by atoms with Gasteiger partial charge in [0.15, 0.2) is 0 Å². The predicted molar refractivity (Wildman–Crippen MR) is 50.8 cm³/mol. The number of hydrogen-bond acceptors (Lipinski definition) is 0. The van der Waals surface area contributed by atoms with Crippen molar-refractivity contribution < 1.29 is 4.39 Å². The molecule has 1 aromatic rings. The van der Waals surface area contributed by atoms with Gasteiger partial charge in [-0.25, -0.2) is 0 Å². The molecule has 0 saturated heterocycles. The lowest BCUT2D eigenvalue weighted by Gasteiger charge is -2.02. The number of halogens is 3. The van der Waals surface area contributed by atoms with Gasteiger partial charge in [-0.1, -0.05) is 23.2 Å². The Morgan fingerprint density at radius 3 is 2.67 bits per heavy atom. The van der Waals surface area contributed by atoms with Crippen LogP contribution >= 0.6 is 23.2 Å². The van der Waals surface area contributed by atoms with E-state index in [1.807, 2.05) is 0 Å². The van der Waals surface area contributed by atoms with E-state index in [1.165, 1.54) is 0 Å². The molecule has 0 spiro atoms. The molecule has 0 nitrogen and oxygen atoms in total. The predicted octanol–water partition coefficient (Wildman–Crippen LogP) is 3.90. The zero-order chi connectivity index (χ0) is 8.97. The van der Waals surface area contributed by atoms with Gasteiger partial charge in [-0.3, -0.25) is 4.39 Å². The van der Waals surface area contributed by atoms with Crippen LogP contribution in [0.1, 0.15) is 12.0 Å². The molecule has 0 saturated carbocycles. The molecule has 0 fully saturated rings. The van der Waals surface area contributed by atoms with Crippen molar-refractivity contribution in [1.82, 2.24) is 0 Å². The van der Waals surface area contributed by atoms with Crippen LogP contribution in [0.2, 0.25) is 10.0 Å². The number of alkyl halides is 1. The molecule has 0 amide bonds. The van der Waals surface area contributed by atoms with Crippen LogP contribution in [-0.2, 0) is 6.42 Å². The molecule has 1 rings (SSSR count). The second-order valence-electron chi connectivity index (χ2n) is 2.53. The van der Waals surface area contributed by atoms with Crippen LogP contribution < -0.4 is 0 Å². The fourth-order valence-electron chi connectivity index (χ4n) is 0.992. The lowest BCUT2D eigenvalue weighted by Crippen LogP contribution is -1.87. The van der Waals surface area contributed by atoms with Crippen LogP contribution in [0.4, 0.5) is 4.39 Å². The maximum absolute atomic E-state index is 11.8. The van der Waals surface area contributed by atoms with Gasteiger partial charge in [0.25, 0.3) is 0 Å². The molecular formula is C9H9Cl2F. The van der Waals surface area contributed by atoms with Crippen LogP contribution in [0.3, 0.4) is 0 Å². The minimum absolute atomic E-state index is 0.317. The lowest BCUT2D eigenvalue weighted by molar-refractivity contribution is 0.473. The van der Waals surface area contributed by atoms with Gasteiger partial charge < -0.3 is 0 Å². The van der Waals surface area contributed by atoms with Crippen LogP contribution in [0.5, 0.6) is 0 Å². The molecule has 0 aliphatic carbocycles. The van der Waals surface area contributed by atoms with Crippen molar-refractivity contribution in [3.8, 4) is 0 Å². The fourth-order valence-corrected chi connectivity index (χ4v) is 1.40. The van der Waals surface area contributed by atoms with E-state index in [2.05, 4.69) is 0 Å². The van der Waals surface area contributed by atoms with E-state index >= 15 is 0 Å².